The SMILES string of the molecule is CC(=O)NC[C@H]1CN(c2ccc([C@]34C[C@H]3CN(C(C)=O)C4)cc2)C(=O)O1. The van der Waals surface area contributed by atoms with E-state index in [4.69, 9.17) is 4.74 Å². The molecule has 7 heteroatoms. The van der Waals surface area contributed by atoms with Crippen molar-refractivity contribution in [3.8, 4) is 0 Å². The highest BCUT2D eigenvalue weighted by Crippen LogP contribution is 2.59. The Kier molecular flexibility index (Phi) is 3.89. The molecule has 3 atom stereocenters. The molecule has 0 spiro atoms. The van der Waals surface area contributed by atoms with Crippen LogP contribution in [0.25, 0.3) is 0 Å². The molecule has 7 nitrogen and oxygen atoms in total. The van der Waals surface area contributed by atoms with E-state index in [-0.39, 0.29) is 29.4 Å². The second-order valence-electron chi connectivity index (χ2n) is 7.56. The van der Waals surface area contributed by atoms with Crippen LogP contribution in [-0.4, -0.2) is 55.1 Å². The minimum atomic E-state index is -0.390. The molecule has 138 valence electrons. The van der Waals surface area contributed by atoms with Crippen LogP contribution in [0.15, 0.2) is 24.3 Å². The summed E-state index contributed by atoms with van der Waals surface area (Å²) in [5.74, 6) is 0.549. The number of nitrogens with zero attached hydrogens (tertiary/aromatic N) is 2. The predicted octanol–water partition coefficient (Wildman–Crippen LogP) is 1.27. The zero-order valence-corrected chi connectivity index (χ0v) is 15.0. The Morgan fingerprint density at radius 2 is 1.96 bits per heavy atom. The summed E-state index contributed by atoms with van der Waals surface area (Å²) in [6, 6.07) is 8.01. The van der Waals surface area contributed by atoms with Gasteiger partial charge in [-0.3, -0.25) is 14.5 Å². The van der Waals surface area contributed by atoms with Crippen molar-refractivity contribution in [1.82, 2.24) is 10.2 Å². The smallest absolute Gasteiger partial charge is 0.414 e. The number of amides is 3. The molecule has 4 rings (SSSR count). The Bertz CT molecular complexity index is 763. The maximum absolute atomic E-state index is 12.1. The molecule has 1 saturated carbocycles. The number of hydrogen-bond donors (Lipinski definition) is 1. The number of nitrogens with one attached hydrogen (secondary N) is 1. The lowest BCUT2D eigenvalue weighted by Gasteiger charge is -2.20. The Morgan fingerprint density at radius 3 is 2.58 bits per heavy atom. The van der Waals surface area contributed by atoms with Gasteiger partial charge in [-0.25, -0.2) is 4.79 Å². The number of fused-ring (bicyclic) bond motifs is 1. The fourth-order valence-electron chi connectivity index (χ4n) is 4.24. The highest BCUT2D eigenvalue weighted by atomic mass is 16.6. The third-order valence-electron chi connectivity index (χ3n) is 5.80. The molecule has 1 aromatic carbocycles. The summed E-state index contributed by atoms with van der Waals surface area (Å²) in [6.07, 6.45) is 0.399. The van der Waals surface area contributed by atoms with Crippen LogP contribution in [0.3, 0.4) is 0 Å². The number of carbonyl (C=O) groups is 3. The van der Waals surface area contributed by atoms with Crippen molar-refractivity contribution in [3.63, 3.8) is 0 Å². The number of piperidine rings is 1. The number of anilines is 1. The summed E-state index contributed by atoms with van der Waals surface area (Å²) in [7, 11) is 0. The van der Waals surface area contributed by atoms with E-state index in [1.54, 1.807) is 11.8 Å². The van der Waals surface area contributed by atoms with E-state index in [1.165, 1.54) is 12.5 Å². The molecule has 2 heterocycles. The second kappa shape index (κ2) is 6.00. The largest absolute Gasteiger partial charge is 0.442 e. The Hall–Kier alpha value is -2.57. The Morgan fingerprint density at radius 1 is 1.23 bits per heavy atom. The Labute approximate surface area is 152 Å². The van der Waals surface area contributed by atoms with Crippen LogP contribution in [0.2, 0.25) is 0 Å². The number of ether oxygens (including phenoxy) is 1. The molecule has 0 radical (unpaired) electrons. The summed E-state index contributed by atoms with van der Waals surface area (Å²) < 4.78 is 5.31. The quantitative estimate of drug-likeness (QED) is 0.880. The van der Waals surface area contributed by atoms with Gasteiger partial charge in [-0.15, -0.1) is 0 Å². The zero-order chi connectivity index (χ0) is 18.5. The molecule has 0 unspecified atom stereocenters. The van der Waals surface area contributed by atoms with Gasteiger partial charge in [0.1, 0.15) is 6.10 Å². The lowest BCUT2D eigenvalue weighted by Crippen LogP contribution is -2.33. The summed E-state index contributed by atoms with van der Waals surface area (Å²) in [6.45, 7) is 5.44. The van der Waals surface area contributed by atoms with Crippen LogP contribution in [-0.2, 0) is 19.7 Å². The lowest BCUT2D eigenvalue weighted by molar-refractivity contribution is -0.128. The molecule has 1 aliphatic carbocycles. The summed E-state index contributed by atoms with van der Waals surface area (Å²) in [5, 5.41) is 2.67. The van der Waals surface area contributed by atoms with Crippen LogP contribution in [0.1, 0.15) is 25.8 Å². The fourth-order valence-corrected chi connectivity index (χ4v) is 4.24. The maximum Gasteiger partial charge on any atom is 0.414 e. The molecule has 1 N–H and O–H groups in total. The van der Waals surface area contributed by atoms with Gasteiger partial charge in [-0.2, -0.15) is 0 Å². The summed E-state index contributed by atoms with van der Waals surface area (Å²) in [5.41, 5.74) is 2.13. The minimum absolute atomic E-state index is 0.101. The highest BCUT2D eigenvalue weighted by molar-refractivity contribution is 5.89. The number of benzene rings is 1. The number of cyclic esters (lactones) is 1. The number of hydrogen-bond acceptors (Lipinski definition) is 4. The highest BCUT2D eigenvalue weighted by Gasteiger charge is 2.61. The molecule has 3 amide bonds. The van der Waals surface area contributed by atoms with Crippen molar-refractivity contribution in [2.24, 2.45) is 5.92 Å². The van der Waals surface area contributed by atoms with Crippen LogP contribution in [0.4, 0.5) is 10.5 Å². The molecular formula is C19H23N3O4. The normalized spacial score (nSPS) is 29.4. The van der Waals surface area contributed by atoms with E-state index < -0.39 is 0 Å². The number of rotatable bonds is 4. The average Bonchev–Trinajstić information content (AvgIpc) is 2.98. The van der Waals surface area contributed by atoms with Gasteiger partial charge in [0, 0.05) is 38.0 Å². The second-order valence-corrected chi connectivity index (χ2v) is 7.56. The van der Waals surface area contributed by atoms with Gasteiger partial charge in [-0.05, 0) is 30.0 Å². The van der Waals surface area contributed by atoms with Gasteiger partial charge in [0.2, 0.25) is 11.8 Å². The van der Waals surface area contributed by atoms with Crippen LogP contribution in [0.5, 0.6) is 0 Å². The van der Waals surface area contributed by atoms with E-state index in [1.807, 2.05) is 17.0 Å². The first-order valence-corrected chi connectivity index (χ1v) is 8.98. The third kappa shape index (κ3) is 2.81. The van der Waals surface area contributed by atoms with Crippen molar-refractivity contribution in [2.45, 2.75) is 31.8 Å². The van der Waals surface area contributed by atoms with Gasteiger partial charge in [0.25, 0.3) is 0 Å². The fraction of sp³-hybridized carbons (Fsp3) is 0.526. The number of carbonyl (C=O) groups excluding carboxylic acids is 3. The van der Waals surface area contributed by atoms with Gasteiger partial charge in [0.15, 0.2) is 0 Å². The van der Waals surface area contributed by atoms with Crippen LogP contribution in [0, 0.1) is 5.92 Å². The van der Waals surface area contributed by atoms with E-state index in [2.05, 4.69) is 17.4 Å². The van der Waals surface area contributed by atoms with Gasteiger partial charge in [0.05, 0.1) is 13.1 Å². The molecule has 3 fully saturated rings. The Balaban J connectivity index is 1.43. The molecular weight excluding hydrogens is 334 g/mol. The standard InChI is InChI=1S/C19H23N3O4/c1-12(23)20-8-17-10-22(18(25)26-17)16-5-3-14(4-6-16)19-7-15(19)9-21(11-19)13(2)24/h3-6,15,17H,7-11H2,1-2H3,(H,20,23)/t15-,17-,19+/m0/s1. The van der Waals surface area contributed by atoms with Gasteiger partial charge >= 0.3 is 6.09 Å². The molecule has 2 saturated heterocycles. The summed E-state index contributed by atoms with van der Waals surface area (Å²) in [4.78, 5) is 38.2. The van der Waals surface area contributed by atoms with Crippen molar-refractivity contribution in [1.29, 1.82) is 0 Å². The monoisotopic (exact) mass is 357 g/mol. The molecule has 3 aliphatic rings. The predicted molar refractivity (Wildman–Crippen MR) is 94.8 cm³/mol. The zero-order valence-electron chi connectivity index (χ0n) is 15.0. The van der Waals surface area contributed by atoms with E-state index in [0.29, 0.717) is 19.0 Å². The number of likely N-dealkylation sites (tertiary alicyclic amines) is 1. The molecule has 0 bridgehead atoms. The van der Waals surface area contributed by atoms with Gasteiger partial charge < -0.3 is 15.0 Å². The van der Waals surface area contributed by atoms with E-state index in [9.17, 15) is 14.4 Å². The molecule has 2 aliphatic heterocycles. The first kappa shape index (κ1) is 16.9. The molecule has 26 heavy (non-hydrogen) atoms. The van der Waals surface area contributed by atoms with Crippen LogP contribution >= 0.6 is 0 Å². The lowest BCUT2D eigenvalue weighted by atomic mass is 9.94. The minimum Gasteiger partial charge on any atom is -0.442 e. The first-order chi connectivity index (χ1) is 12.4. The summed E-state index contributed by atoms with van der Waals surface area (Å²) >= 11 is 0. The van der Waals surface area contributed by atoms with Gasteiger partial charge in [-0.1, -0.05) is 12.1 Å². The van der Waals surface area contributed by atoms with Crippen molar-refractivity contribution >= 4 is 23.6 Å². The van der Waals surface area contributed by atoms with E-state index >= 15 is 0 Å². The topological polar surface area (TPSA) is 79.0 Å². The maximum atomic E-state index is 12.1. The van der Waals surface area contributed by atoms with Crippen LogP contribution < -0.4 is 10.2 Å². The average molecular weight is 357 g/mol. The van der Waals surface area contributed by atoms with Crippen molar-refractivity contribution in [3.05, 3.63) is 29.8 Å². The van der Waals surface area contributed by atoms with E-state index in [0.717, 1.165) is 25.2 Å². The molecule has 0 aromatic heterocycles. The molecule has 1 aromatic rings. The van der Waals surface area contributed by atoms with Crippen molar-refractivity contribution < 1.29 is 19.1 Å². The third-order valence-corrected chi connectivity index (χ3v) is 5.80. The first-order valence-electron chi connectivity index (χ1n) is 8.98. The van der Waals surface area contributed by atoms with Crippen molar-refractivity contribution in [2.75, 3.05) is 31.1 Å².